The van der Waals surface area contributed by atoms with Crippen LogP contribution in [0.3, 0.4) is 0 Å². The summed E-state index contributed by atoms with van der Waals surface area (Å²) in [7, 11) is 3.46. The Morgan fingerprint density at radius 3 is 2.53 bits per heavy atom. The number of nitrogens with zero attached hydrogens (tertiary/aromatic N) is 4. The van der Waals surface area contributed by atoms with Crippen molar-refractivity contribution in [2.24, 2.45) is 0 Å². The van der Waals surface area contributed by atoms with Gasteiger partial charge in [-0.25, -0.2) is 9.97 Å². The molecule has 2 heterocycles. The summed E-state index contributed by atoms with van der Waals surface area (Å²) in [5.74, 6) is 3.69. The smallest absolute Gasteiger partial charge is 0.227 e. The highest BCUT2D eigenvalue weighted by Crippen LogP contribution is 2.40. The molecule has 1 amide bonds. The van der Waals surface area contributed by atoms with Crippen LogP contribution < -0.4 is 9.64 Å². The molecule has 1 aliphatic heterocycles. The van der Waals surface area contributed by atoms with Crippen molar-refractivity contribution >= 4 is 11.7 Å². The molecule has 0 unspecified atom stereocenters. The van der Waals surface area contributed by atoms with Gasteiger partial charge in [-0.2, -0.15) is 0 Å². The largest absolute Gasteiger partial charge is 0.496 e. The molecule has 0 spiro atoms. The van der Waals surface area contributed by atoms with E-state index in [1.165, 1.54) is 5.56 Å². The second-order valence-electron chi connectivity index (χ2n) is 8.96. The van der Waals surface area contributed by atoms with E-state index in [1.54, 1.807) is 19.1 Å². The number of rotatable bonds is 8. The van der Waals surface area contributed by atoms with Gasteiger partial charge >= 0.3 is 0 Å². The number of hydrogen-bond donors (Lipinski definition) is 1. The third-order valence-corrected chi connectivity index (χ3v) is 6.71. The quantitative estimate of drug-likeness (QED) is 0.683. The molecule has 0 bridgehead atoms. The summed E-state index contributed by atoms with van der Waals surface area (Å²) >= 11 is 0. The molecule has 1 aromatic heterocycles. The van der Waals surface area contributed by atoms with Crippen molar-refractivity contribution in [1.82, 2.24) is 14.9 Å². The lowest BCUT2D eigenvalue weighted by molar-refractivity contribution is -0.129. The molecule has 2 aromatic rings. The molecule has 1 N–H and O–H groups in total. The average molecular weight is 439 g/mol. The maximum absolute atomic E-state index is 12.8. The highest BCUT2D eigenvalue weighted by molar-refractivity contribution is 5.80. The maximum atomic E-state index is 12.8. The zero-order valence-corrected chi connectivity index (χ0v) is 19.4. The Kier molecular flexibility index (Phi) is 6.94. The summed E-state index contributed by atoms with van der Waals surface area (Å²) in [6, 6.07) is 8.29. The third-order valence-electron chi connectivity index (χ3n) is 6.71. The van der Waals surface area contributed by atoms with Gasteiger partial charge in [0, 0.05) is 43.9 Å². The lowest BCUT2D eigenvalue weighted by Crippen LogP contribution is -2.36. The van der Waals surface area contributed by atoms with E-state index in [9.17, 15) is 9.90 Å². The molecule has 32 heavy (non-hydrogen) atoms. The van der Waals surface area contributed by atoms with Gasteiger partial charge in [-0.1, -0.05) is 18.2 Å². The van der Waals surface area contributed by atoms with Gasteiger partial charge in [0.2, 0.25) is 5.91 Å². The molecule has 1 aliphatic carbocycles. The number of para-hydroxylation sites is 1. The highest BCUT2D eigenvalue weighted by atomic mass is 16.5. The fourth-order valence-corrected chi connectivity index (χ4v) is 4.56. The first-order chi connectivity index (χ1) is 15.5. The van der Waals surface area contributed by atoms with Gasteiger partial charge in [-0.3, -0.25) is 4.79 Å². The number of aliphatic hydroxyl groups is 1. The van der Waals surface area contributed by atoms with E-state index in [1.807, 2.05) is 19.1 Å². The summed E-state index contributed by atoms with van der Waals surface area (Å²) in [5, 5.41) is 9.19. The summed E-state index contributed by atoms with van der Waals surface area (Å²) in [5.41, 5.74) is 3.09. The Morgan fingerprint density at radius 2 is 1.88 bits per heavy atom. The van der Waals surface area contributed by atoms with E-state index in [0.717, 1.165) is 67.4 Å². The van der Waals surface area contributed by atoms with Crippen LogP contribution in [0.4, 0.5) is 5.82 Å². The molecule has 7 nitrogen and oxygen atoms in total. The van der Waals surface area contributed by atoms with Crippen molar-refractivity contribution in [3.8, 4) is 5.75 Å². The Labute approximate surface area is 190 Å². The fourth-order valence-electron chi connectivity index (χ4n) is 4.56. The van der Waals surface area contributed by atoms with E-state index < -0.39 is 0 Å². The van der Waals surface area contributed by atoms with Crippen LogP contribution in [-0.4, -0.2) is 66.3 Å². The summed E-state index contributed by atoms with van der Waals surface area (Å²) in [6.45, 7) is 4.06. The fraction of sp³-hybridized carbons (Fsp3) is 0.560. The first-order valence-corrected chi connectivity index (χ1v) is 11.6. The number of benzene rings is 1. The zero-order chi connectivity index (χ0) is 22.7. The number of hydrogen-bond acceptors (Lipinski definition) is 6. The highest BCUT2D eigenvalue weighted by Gasteiger charge is 2.31. The van der Waals surface area contributed by atoms with E-state index >= 15 is 0 Å². The first-order valence-electron chi connectivity index (χ1n) is 11.6. The third kappa shape index (κ3) is 4.88. The van der Waals surface area contributed by atoms with E-state index in [0.29, 0.717) is 18.4 Å². The lowest BCUT2D eigenvalue weighted by Gasteiger charge is -2.35. The molecule has 7 heteroatoms. The molecular weight excluding hydrogens is 404 g/mol. The Balaban J connectivity index is 1.56. The molecule has 0 radical (unpaired) electrons. The van der Waals surface area contributed by atoms with Gasteiger partial charge < -0.3 is 19.6 Å². The number of methoxy groups -OCH3 is 1. The minimum atomic E-state index is -0.0400. The molecule has 4 rings (SSSR count). The number of anilines is 1. The van der Waals surface area contributed by atoms with Crippen molar-refractivity contribution in [3.63, 3.8) is 0 Å². The van der Waals surface area contributed by atoms with E-state index in [2.05, 4.69) is 17.0 Å². The van der Waals surface area contributed by atoms with Crippen LogP contribution in [0.25, 0.3) is 0 Å². The maximum Gasteiger partial charge on any atom is 0.227 e. The van der Waals surface area contributed by atoms with Crippen molar-refractivity contribution in [3.05, 3.63) is 46.9 Å². The minimum Gasteiger partial charge on any atom is -0.496 e. The Hall–Kier alpha value is -2.67. The first kappa shape index (κ1) is 22.5. The van der Waals surface area contributed by atoms with Crippen LogP contribution in [0.15, 0.2) is 24.3 Å². The number of aromatic nitrogens is 2. The number of carbonyl (C=O) groups excluding carboxylic acids is 1. The van der Waals surface area contributed by atoms with Gasteiger partial charge in [0.25, 0.3) is 0 Å². The van der Waals surface area contributed by atoms with E-state index in [4.69, 9.17) is 14.7 Å². The average Bonchev–Trinajstić information content (AvgIpc) is 3.66. The van der Waals surface area contributed by atoms with E-state index in [-0.39, 0.29) is 18.9 Å². The lowest BCUT2D eigenvalue weighted by atomic mass is 9.88. The monoisotopic (exact) mass is 438 g/mol. The molecule has 2 fully saturated rings. The normalized spacial score (nSPS) is 16.8. The SMILES string of the molecule is COc1ccccc1C1CCN(c2nc(C3CC3)nc(C)c2CC(=O)N(C)CCO)CC1. The van der Waals surface area contributed by atoms with Crippen LogP contribution in [0.5, 0.6) is 5.75 Å². The number of ether oxygens (including phenoxy) is 1. The van der Waals surface area contributed by atoms with Gasteiger partial charge in [0.05, 0.1) is 20.1 Å². The van der Waals surface area contributed by atoms with Crippen LogP contribution in [-0.2, 0) is 11.2 Å². The second-order valence-corrected chi connectivity index (χ2v) is 8.96. The van der Waals surface area contributed by atoms with Gasteiger partial charge in [0.1, 0.15) is 17.4 Å². The minimum absolute atomic E-state index is 0.0184. The molecule has 0 atom stereocenters. The molecule has 2 aliphatic rings. The van der Waals surface area contributed by atoms with Crippen molar-refractivity contribution in [1.29, 1.82) is 0 Å². The van der Waals surface area contributed by atoms with Gasteiger partial charge in [0.15, 0.2) is 0 Å². The Bertz CT molecular complexity index is 952. The van der Waals surface area contributed by atoms with Crippen LogP contribution in [0.1, 0.15) is 60.2 Å². The predicted octanol–water partition coefficient (Wildman–Crippen LogP) is 3.05. The second kappa shape index (κ2) is 9.86. The predicted molar refractivity (Wildman–Crippen MR) is 124 cm³/mol. The van der Waals surface area contributed by atoms with Crippen LogP contribution in [0, 0.1) is 6.92 Å². The summed E-state index contributed by atoms with van der Waals surface area (Å²) in [6.07, 6.45) is 4.58. The van der Waals surface area contributed by atoms with Crippen LogP contribution in [0.2, 0.25) is 0 Å². The number of aliphatic hydroxyl groups excluding tert-OH is 1. The molecule has 1 saturated carbocycles. The zero-order valence-electron chi connectivity index (χ0n) is 19.4. The molecule has 1 aromatic carbocycles. The summed E-state index contributed by atoms with van der Waals surface area (Å²) in [4.78, 5) is 26.4. The molecule has 1 saturated heterocycles. The van der Waals surface area contributed by atoms with Crippen molar-refractivity contribution in [2.75, 3.05) is 45.3 Å². The number of carbonyl (C=O) groups is 1. The van der Waals surface area contributed by atoms with Crippen molar-refractivity contribution in [2.45, 2.75) is 50.9 Å². The number of amides is 1. The van der Waals surface area contributed by atoms with Gasteiger partial charge in [-0.05, 0) is 50.2 Å². The number of likely N-dealkylation sites (N-methyl/N-ethyl adjacent to an activating group) is 1. The van der Waals surface area contributed by atoms with Crippen molar-refractivity contribution < 1.29 is 14.6 Å². The standard InChI is InChI=1S/C25H34N4O3/c1-17-21(16-23(31)28(2)14-15-30)25(27-24(26-17)19-8-9-19)29-12-10-18(11-13-29)20-6-4-5-7-22(20)32-3/h4-7,18-19,30H,8-16H2,1-3H3. The number of piperidine rings is 1. The topological polar surface area (TPSA) is 78.8 Å². The summed E-state index contributed by atoms with van der Waals surface area (Å²) < 4.78 is 5.59. The molecule has 172 valence electrons. The molecular formula is C25H34N4O3. The van der Waals surface area contributed by atoms with Gasteiger partial charge in [-0.15, -0.1) is 0 Å². The Morgan fingerprint density at radius 1 is 1.16 bits per heavy atom. The van der Waals surface area contributed by atoms with Crippen LogP contribution >= 0.6 is 0 Å². The number of aryl methyl sites for hydroxylation is 1.